The van der Waals surface area contributed by atoms with Gasteiger partial charge in [0.1, 0.15) is 5.82 Å². The number of anilines is 2. The molecule has 0 bridgehead atoms. The lowest BCUT2D eigenvalue weighted by Gasteiger charge is -2.39. The Kier molecular flexibility index (Phi) is 6.32. The number of likely N-dealkylation sites (N-methyl/N-ethyl adjacent to an activating group) is 1. The van der Waals surface area contributed by atoms with E-state index in [0.29, 0.717) is 12.6 Å². The van der Waals surface area contributed by atoms with Gasteiger partial charge in [0, 0.05) is 38.8 Å². The molecule has 2 fully saturated rings. The zero-order chi connectivity index (χ0) is 16.8. The lowest BCUT2D eigenvalue weighted by atomic mass is 9.92. The minimum Gasteiger partial charge on any atom is -0.395 e. The average Bonchev–Trinajstić information content (AvgIpc) is 2.64. The van der Waals surface area contributed by atoms with Gasteiger partial charge in [-0.2, -0.15) is 0 Å². The van der Waals surface area contributed by atoms with Crippen LogP contribution in [0.15, 0.2) is 18.3 Å². The summed E-state index contributed by atoms with van der Waals surface area (Å²) >= 11 is 0. The fourth-order valence-corrected chi connectivity index (χ4v) is 4.04. The van der Waals surface area contributed by atoms with E-state index in [1.165, 1.54) is 58.0 Å². The van der Waals surface area contributed by atoms with Crippen LogP contribution >= 0.6 is 0 Å². The number of nitrogens with zero attached hydrogens (tertiary/aromatic N) is 3. The molecule has 5 nitrogen and oxygen atoms in total. The van der Waals surface area contributed by atoms with Crippen molar-refractivity contribution in [3.8, 4) is 0 Å². The van der Waals surface area contributed by atoms with Crippen LogP contribution in [-0.2, 0) is 0 Å². The summed E-state index contributed by atoms with van der Waals surface area (Å²) in [6.07, 6.45) is 11.4. The Bertz CT molecular complexity index is 479. The van der Waals surface area contributed by atoms with E-state index in [-0.39, 0.29) is 6.61 Å². The molecule has 24 heavy (non-hydrogen) atoms. The summed E-state index contributed by atoms with van der Waals surface area (Å²) in [6, 6.07) is 5.51. The third kappa shape index (κ3) is 4.61. The minimum absolute atomic E-state index is 0.163. The van der Waals surface area contributed by atoms with Crippen molar-refractivity contribution in [2.45, 2.75) is 57.0 Å². The van der Waals surface area contributed by atoms with E-state index in [1.54, 1.807) is 0 Å². The van der Waals surface area contributed by atoms with Gasteiger partial charge in [0.25, 0.3) is 0 Å². The first-order valence-corrected chi connectivity index (χ1v) is 9.55. The summed E-state index contributed by atoms with van der Waals surface area (Å²) in [4.78, 5) is 9.27. The molecular weight excluding hydrogens is 300 g/mol. The maximum absolute atomic E-state index is 9.01. The summed E-state index contributed by atoms with van der Waals surface area (Å²) in [5.74, 6) is 0.965. The summed E-state index contributed by atoms with van der Waals surface area (Å²) in [7, 11) is 1.97. The second-order valence-corrected chi connectivity index (χ2v) is 7.29. The van der Waals surface area contributed by atoms with Crippen LogP contribution in [0.1, 0.15) is 44.9 Å². The maximum atomic E-state index is 9.01. The fraction of sp³-hybridized carbons (Fsp3) is 0.737. The van der Waals surface area contributed by atoms with Crippen LogP contribution in [0.25, 0.3) is 0 Å². The van der Waals surface area contributed by atoms with Gasteiger partial charge in [0.2, 0.25) is 0 Å². The summed E-state index contributed by atoms with van der Waals surface area (Å²) in [6.45, 7) is 3.24. The van der Waals surface area contributed by atoms with E-state index < -0.39 is 0 Å². The van der Waals surface area contributed by atoms with Crippen molar-refractivity contribution in [1.29, 1.82) is 0 Å². The Labute approximate surface area is 146 Å². The molecular formula is C19H32N4O. The van der Waals surface area contributed by atoms with Gasteiger partial charge in [-0.3, -0.25) is 0 Å². The van der Waals surface area contributed by atoms with E-state index in [2.05, 4.69) is 27.3 Å². The van der Waals surface area contributed by atoms with Crippen molar-refractivity contribution in [1.82, 2.24) is 9.88 Å². The van der Waals surface area contributed by atoms with Crippen molar-refractivity contribution in [3.63, 3.8) is 0 Å². The smallest absolute Gasteiger partial charge is 0.126 e. The van der Waals surface area contributed by atoms with E-state index in [0.717, 1.165) is 17.5 Å². The number of likely N-dealkylation sites (tertiary alicyclic amines) is 1. The number of nitrogens with one attached hydrogen (secondary N) is 1. The number of aliphatic hydroxyl groups is 1. The Morgan fingerprint density at radius 2 is 1.92 bits per heavy atom. The highest BCUT2D eigenvalue weighted by Gasteiger charge is 2.26. The third-order valence-corrected chi connectivity index (χ3v) is 5.60. The number of pyridine rings is 1. The van der Waals surface area contributed by atoms with E-state index in [9.17, 15) is 0 Å². The Morgan fingerprint density at radius 3 is 2.54 bits per heavy atom. The number of hydrogen-bond donors (Lipinski definition) is 2. The topological polar surface area (TPSA) is 51.6 Å². The lowest BCUT2D eigenvalue weighted by molar-refractivity contribution is 0.126. The van der Waals surface area contributed by atoms with Gasteiger partial charge >= 0.3 is 0 Å². The first-order valence-electron chi connectivity index (χ1n) is 9.55. The number of aliphatic hydroxyl groups excluding tert-OH is 1. The maximum Gasteiger partial charge on any atom is 0.126 e. The highest BCUT2D eigenvalue weighted by atomic mass is 16.3. The minimum atomic E-state index is 0.163. The fourth-order valence-electron chi connectivity index (χ4n) is 4.04. The second-order valence-electron chi connectivity index (χ2n) is 7.29. The summed E-state index contributed by atoms with van der Waals surface area (Å²) < 4.78 is 0. The molecule has 0 radical (unpaired) electrons. The van der Waals surface area contributed by atoms with Crippen molar-refractivity contribution < 1.29 is 5.11 Å². The van der Waals surface area contributed by atoms with Crippen LogP contribution in [0, 0.1) is 0 Å². The van der Waals surface area contributed by atoms with Gasteiger partial charge in [-0.05, 0) is 37.8 Å². The normalized spacial score (nSPS) is 20.9. The highest BCUT2D eigenvalue weighted by Crippen LogP contribution is 2.26. The van der Waals surface area contributed by atoms with Gasteiger partial charge in [0.15, 0.2) is 0 Å². The zero-order valence-electron chi connectivity index (χ0n) is 15.0. The Hall–Kier alpha value is -1.33. The number of aromatic nitrogens is 1. The zero-order valence-corrected chi connectivity index (χ0v) is 15.0. The molecule has 1 aliphatic carbocycles. The van der Waals surface area contributed by atoms with Gasteiger partial charge < -0.3 is 20.2 Å². The molecule has 0 amide bonds. The van der Waals surface area contributed by atoms with Crippen LogP contribution in [0.2, 0.25) is 0 Å². The molecule has 0 aromatic carbocycles. The molecule has 1 aromatic heterocycles. The third-order valence-electron chi connectivity index (χ3n) is 5.60. The Morgan fingerprint density at radius 1 is 1.17 bits per heavy atom. The number of piperidine rings is 1. The molecule has 1 aliphatic heterocycles. The van der Waals surface area contributed by atoms with Crippen molar-refractivity contribution >= 4 is 11.5 Å². The monoisotopic (exact) mass is 332 g/mol. The largest absolute Gasteiger partial charge is 0.395 e. The van der Waals surface area contributed by atoms with Crippen LogP contribution in [0.5, 0.6) is 0 Å². The van der Waals surface area contributed by atoms with Crippen molar-refractivity contribution in [2.75, 3.05) is 43.5 Å². The van der Waals surface area contributed by atoms with E-state index >= 15 is 0 Å². The van der Waals surface area contributed by atoms with Gasteiger partial charge in [0.05, 0.1) is 18.5 Å². The molecule has 0 atom stereocenters. The molecule has 2 heterocycles. The SMILES string of the molecule is CN(CCO)c1ccc(NC2CCN(C3CCCCC3)CC2)nc1. The molecule has 3 rings (SSSR count). The van der Waals surface area contributed by atoms with Crippen LogP contribution in [-0.4, -0.2) is 60.4 Å². The quantitative estimate of drug-likeness (QED) is 0.839. The van der Waals surface area contributed by atoms with Gasteiger partial charge in [-0.25, -0.2) is 4.98 Å². The van der Waals surface area contributed by atoms with E-state index in [1.807, 2.05) is 18.1 Å². The molecule has 1 saturated carbocycles. The molecule has 0 spiro atoms. The Balaban J connectivity index is 1.45. The van der Waals surface area contributed by atoms with Crippen LogP contribution < -0.4 is 10.2 Å². The lowest BCUT2D eigenvalue weighted by Crippen LogP contribution is -2.45. The highest BCUT2D eigenvalue weighted by molar-refractivity contribution is 5.49. The molecule has 1 saturated heterocycles. The van der Waals surface area contributed by atoms with Gasteiger partial charge in [-0.15, -0.1) is 0 Å². The first-order chi connectivity index (χ1) is 11.8. The van der Waals surface area contributed by atoms with Gasteiger partial charge in [-0.1, -0.05) is 19.3 Å². The number of hydrogen-bond acceptors (Lipinski definition) is 5. The summed E-state index contributed by atoms with van der Waals surface area (Å²) in [5.41, 5.74) is 1.04. The molecule has 5 heteroatoms. The predicted molar refractivity (Wildman–Crippen MR) is 99.7 cm³/mol. The molecule has 0 unspecified atom stereocenters. The standard InChI is InChI=1S/C19H32N4O/c1-22(13-14-24)18-7-8-19(20-15-18)21-16-9-11-23(12-10-16)17-5-3-2-4-6-17/h7-8,15-17,24H,2-6,9-14H2,1H3,(H,20,21). The van der Waals surface area contributed by atoms with Crippen LogP contribution in [0.4, 0.5) is 11.5 Å². The molecule has 2 N–H and O–H groups in total. The number of rotatable bonds is 6. The average molecular weight is 332 g/mol. The summed E-state index contributed by atoms with van der Waals surface area (Å²) in [5, 5.41) is 12.6. The second kappa shape index (κ2) is 8.67. The molecule has 2 aliphatic rings. The van der Waals surface area contributed by atoms with Crippen molar-refractivity contribution in [3.05, 3.63) is 18.3 Å². The van der Waals surface area contributed by atoms with Crippen molar-refractivity contribution in [2.24, 2.45) is 0 Å². The van der Waals surface area contributed by atoms with Crippen LogP contribution in [0.3, 0.4) is 0 Å². The molecule has 1 aromatic rings. The molecule has 134 valence electrons. The van der Waals surface area contributed by atoms with E-state index in [4.69, 9.17) is 5.11 Å². The first kappa shape index (κ1) is 17.5. The predicted octanol–water partition coefficient (Wildman–Crippen LogP) is 2.72.